The Kier molecular flexibility index (Phi) is 2.67. The van der Waals surface area contributed by atoms with Gasteiger partial charge in [-0.15, -0.1) is 0 Å². The Bertz CT molecular complexity index is 546. The van der Waals surface area contributed by atoms with Crippen molar-refractivity contribution in [1.82, 2.24) is 0 Å². The molecule has 0 spiro atoms. The molecular weight excluding hydrogens is 230 g/mol. The molecule has 0 saturated carbocycles. The number of carbonyl (C=O) groups is 2. The number of ketones is 1. The van der Waals surface area contributed by atoms with Crippen LogP contribution in [0.2, 0.25) is 5.02 Å². The average molecular weight is 245 g/mol. The molecule has 1 atom stereocenters. The molecule has 4 nitrogen and oxygen atoms in total. The molecule has 0 unspecified atom stereocenters. The summed E-state index contributed by atoms with van der Waals surface area (Å²) in [4.78, 5) is 23.0. The fraction of sp³-hybridized carbons (Fsp3) is 0.273. The summed E-state index contributed by atoms with van der Waals surface area (Å²) >= 11 is 5.66. The number of hydrogen-bond acceptors (Lipinski definition) is 3. The van der Waals surface area contributed by atoms with Crippen molar-refractivity contribution in [2.45, 2.75) is 13.3 Å². The number of rotatable bonds is 4. The first kappa shape index (κ1) is 8.58. The first-order valence-electron chi connectivity index (χ1n) is 5.85. The van der Waals surface area contributed by atoms with Gasteiger partial charge in [-0.25, -0.2) is 0 Å². The average Bonchev–Trinajstić information content (AvgIpc) is 2.27. The van der Waals surface area contributed by atoms with Gasteiger partial charge in [0.2, 0.25) is 0 Å². The second-order valence-corrected chi connectivity index (χ2v) is 3.55. The van der Waals surface area contributed by atoms with E-state index >= 15 is 0 Å². The van der Waals surface area contributed by atoms with Gasteiger partial charge >= 0.3 is 5.97 Å². The first-order valence-corrected chi connectivity index (χ1v) is 4.73. The normalized spacial score (nSPS) is 17.8. The van der Waals surface area contributed by atoms with Crippen molar-refractivity contribution in [3.63, 3.8) is 0 Å². The second-order valence-electron chi connectivity index (χ2n) is 3.12. The van der Waals surface area contributed by atoms with Crippen LogP contribution < -0.4 is 5.73 Å². The summed E-state index contributed by atoms with van der Waals surface area (Å²) in [6.45, 7) is 0.819. The van der Waals surface area contributed by atoms with Gasteiger partial charge < -0.3 is 10.8 Å². The van der Waals surface area contributed by atoms with Crippen molar-refractivity contribution in [3.8, 4) is 0 Å². The summed E-state index contributed by atoms with van der Waals surface area (Å²) in [5.41, 5.74) is 5.29. The SMILES string of the molecule is [2H]C([2H])(C(=O)c1ccc(Cl)cc1N)[C@]([2H])(C)C(=O)O. The molecule has 0 aliphatic rings. The van der Waals surface area contributed by atoms with Gasteiger partial charge in [0.25, 0.3) is 0 Å². The van der Waals surface area contributed by atoms with Crippen molar-refractivity contribution < 1.29 is 18.8 Å². The number of benzene rings is 1. The standard InChI is InChI=1S/C11H12ClNO3/c1-6(11(15)16)4-10(14)8-3-2-7(12)5-9(8)13/h2-3,5-6H,4,13H2,1H3,(H,15,16)/t6-/m0/s1/i4D2,6D. The summed E-state index contributed by atoms with van der Waals surface area (Å²) in [5, 5.41) is 9.12. The van der Waals surface area contributed by atoms with E-state index in [1.165, 1.54) is 18.2 Å². The van der Waals surface area contributed by atoms with Crippen LogP contribution in [0.25, 0.3) is 0 Å². The third-order valence-corrected chi connectivity index (χ3v) is 2.12. The van der Waals surface area contributed by atoms with Crippen molar-refractivity contribution >= 4 is 29.0 Å². The van der Waals surface area contributed by atoms with Crippen LogP contribution in [0.3, 0.4) is 0 Å². The Morgan fingerprint density at radius 3 is 2.81 bits per heavy atom. The van der Waals surface area contributed by atoms with Crippen molar-refractivity contribution in [1.29, 1.82) is 0 Å². The maximum atomic E-state index is 12.1. The minimum absolute atomic E-state index is 0.0671. The van der Waals surface area contributed by atoms with E-state index in [1.54, 1.807) is 0 Å². The van der Waals surface area contributed by atoms with Crippen molar-refractivity contribution in [3.05, 3.63) is 28.8 Å². The van der Waals surface area contributed by atoms with Crippen LogP contribution in [0.15, 0.2) is 18.2 Å². The van der Waals surface area contributed by atoms with Gasteiger partial charge in [0.15, 0.2) is 5.78 Å². The van der Waals surface area contributed by atoms with Crippen LogP contribution in [-0.4, -0.2) is 16.9 Å². The quantitative estimate of drug-likeness (QED) is 0.629. The second kappa shape index (κ2) is 4.99. The molecule has 0 heterocycles. The molecule has 1 aromatic rings. The molecule has 0 saturated heterocycles. The molecule has 0 aliphatic heterocycles. The lowest BCUT2D eigenvalue weighted by Crippen LogP contribution is -2.15. The number of halogens is 1. The van der Waals surface area contributed by atoms with Crippen LogP contribution in [0.1, 0.15) is 27.8 Å². The van der Waals surface area contributed by atoms with Gasteiger partial charge in [-0.05, 0) is 18.2 Å². The van der Waals surface area contributed by atoms with Gasteiger partial charge in [0.1, 0.15) is 0 Å². The lowest BCUT2D eigenvalue weighted by atomic mass is 9.99. The van der Waals surface area contributed by atoms with Crippen LogP contribution in [0, 0.1) is 5.89 Å². The van der Waals surface area contributed by atoms with Gasteiger partial charge in [-0.3, -0.25) is 9.59 Å². The summed E-state index contributed by atoms with van der Waals surface area (Å²) in [5.74, 6) is -5.53. The Labute approximate surface area is 102 Å². The number of carbonyl (C=O) groups excluding carboxylic acids is 1. The number of Topliss-reactive ketones (excluding diaryl/α,β-unsaturated/α-hetero) is 1. The van der Waals surface area contributed by atoms with E-state index in [9.17, 15) is 9.59 Å². The highest BCUT2D eigenvalue weighted by Gasteiger charge is 2.18. The molecule has 0 fully saturated rings. The number of anilines is 1. The van der Waals surface area contributed by atoms with Crippen LogP contribution in [-0.2, 0) is 4.79 Å². The van der Waals surface area contributed by atoms with Gasteiger partial charge in [-0.2, -0.15) is 0 Å². The highest BCUT2D eigenvalue weighted by atomic mass is 35.5. The Balaban J connectivity index is 3.29. The van der Waals surface area contributed by atoms with Crippen LogP contribution in [0.4, 0.5) is 5.69 Å². The molecule has 0 aromatic heterocycles. The molecule has 86 valence electrons. The van der Waals surface area contributed by atoms with E-state index in [0.717, 1.165) is 6.92 Å². The van der Waals surface area contributed by atoms with Gasteiger partial charge in [-0.1, -0.05) is 18.5 Å². The number of carboxylic acid groups (broad SMARTS) is 1. The lowest BCUT2D eigenvalue weighted by Gasteiger charge is -2.07. The van der Waals surface area contributed by atoms with Gasteiger partial charge in [0, 0.05) is 26.8 Å². The largest absolute Gasteiger partial charge is 0.481 e. The van der Waals surface area contributed by atoms with E-state index in [0.29, 0.717) is 0 Å². The molecular formula is C11H12ClNO3. The smallest absolute Gasteiger partial charge is 0.306 e. The summed E-state index contributed by atoms with van der Waals surface area (Å²) in [6.07, 6.45) is -2.93. The molecule has 5 heteroatoms. The Morgan fingerprint density at radius 1 is 1.69 bits per heavy atom. The number of nitrogens with two attached hydrogens (primary N) is 1. The molecule has 0 radical (unpaired) electrons. The third kappa shape index (κ3) is 2.97. The molecule has 0 bridgehead atoms. The molecule has 0 aliphatic carbocycles. The van der Waals surface area contributed by atoms with E-state index in [4.69, 9.17) is 26.6 Å². The molecule has 1 aromatic carbocycles. The van der Waals surface area contributed by atoms with Crippen molar-refractivity contribution in [2.75, 3.05) is 5.73 Å². The highest BCUT2D eigenvalue weighted by Crippen LogP contribution is 2.20. The lowest BCUT2D eigenvalue weighted by molar-refractivity contribution is -0.141. The first-order chi connectivity index (χ1) is 8.51. The minimum Gasteiger partial charge on any atom is -0.481 e. The number of hydrogen-bond donors (Lipinski definition) is 2. The summed E-state index contributed by atoms with van der Waals surface area (Å²) < 4.78 is 22.7. The monoisotopic (exact) mass is 244 g/mol. The predicted octanol–water partition coefficient (Wildman–Crippen LogP) is 2.22. The van der Waals surface area contributed by atoms with E-state index in [2.05, 4.69) is 0 Å². The number of aliphatic carboxylic acids is 1. The maximum Gasteiger partial charge on any atom is 0.306 e. The zero-order valence-electron chi connectivity index (χ0n) is 11.5. The van der Waals surface area contributed by atoms with Gasteiger partial charge in [0.05, 0.1) is 5.89 Å². The van der Waals surface area contributed by atoms with Crippen LogP contribution in [0.5, 0.6) is 0 Å². The predicted molar refractivity (Wildman–Crippen MR) is 61.6 cm³/mol. The fourth-order valence-corrected chi connectivity index (χ4v) is 1.21. The van der Waals surface area contributed by atoms with E-state index < -0.39 is 24.0 Å². The van der Waals surface area contributed by atoms with E-state index in [-0.39, 0.29) is 16.3 Å². The molecule has 1 rings (SSSR count). The molecule has 3 N–H and O–H groups in total. The van der Waals surface area contributed by atoms with Crippen LogP contribution >= 0.6 is 11.6 Å². The molecule has 16 heavy (non-hydrogen) atoms. The Morgan fingerprint density at radius 2 is 2.31 bits per heavy atom. The van der Waals surface area contributed by atoms with E-state index in [1.807, 2.05) is 0 Å². The zero-order valence-corrected chi connectivity index (χ0v) is 9.21. The summed E-state index contributed by atoms with van der Waals surface area (Å²) in [6, 6.07) is 3.80. The highest BCUT2D eigenvalue weighted by molar-refractivity contribution is 6.31. The third-order valence-electron chi connectivity index (χ3n) is 1.88. The topological polar surface area (TPSA) is 80.4 Å². The number of nitrogen functional groups attached to an aromatic ring is 1. The fourth-order valence-electron chi connectivity index (χ4n) is 1.03. The maximum absolute atomic E-state index is 12.1. The zero-order chi connectivity index (χ0) is 15.0. The minimum atomic E-state index is -2.93. The Hall–Kier alpha value is -1.55. The molecule has 0 amide bonds. The summed E-state index contributed by atoms with van der Waals surface area (Å²) in [7, 11) is 0. The van der Waals surface area contributed by atoms with Crippen molar-refractivity contribution in [2.24, 2.45) is 5.89 Å². The number of carboxylic acids is 1.